The number of para-hydroxylation sites is 1. The summed E-state index contributed by atoms with van der Waals surface area (Å²) in [5.41, 5.74) is 1.72. The Balaban J connectivity index is 0.998. The van der Waals surface area contributed by atoms with Crippen molar-refractivity contribution in [1.29, 1.82) is 0 Å². The average molecular weight is 678 g/mol. The molecule has 14 nitrogen and oxygen atoms in total. The first kappa shape index (κ1) is 36.4. The van der Waals surface area contributed by atoms with Gasteiger partial charge >= 0.3 is 5.97 Å². The molecule has 3 heterocycles. The largest absolute Gasteiger partial charge is 0.481 e. The monoisotopic (exact) mass is 677 g/mol. The maximum Gasteiger partial charge on any atom is 0.303 e. The minimum Gasteiger partial charge on any atom is -0.481 e. The van der Waals surface area contributed by atoms with Gasteiger partial charge in [-0.1, -0.05) is 36.6 Å². The molecule has 1 amide bonds. The van der Waals surface area contributed by atoms with Crippen molar-refractivity contribution >= 4 is 34.5 Å². The number of hydrogen-bond acceptors (Lipinski definition) is 11. The third-order valence-electron chi connectivity index (χ3n) is 9.40. The van der Waals surface area contributed by atoms with Crippen LogP contribution in [0.1, 0.15) is 82.7 Å². The Hall–Kier alpha value is -3.88. The molecule has 2 aromatic heterocycles. The van der Waals surface area contributed by atoms with Crippen LogP contribution in [0.4, 0.5) is 11.8 Å². The van der Waals surface area contributed by atoms with Gasteiger partial charge in [-0.2, -0.15) is 4.98 Å². The van der Waals surface area contributed by atoms with Crippen LogP contribution in [0.5, 0.6) is 0 Å². The second kappa shape index (κ2) is 20.0. The van der Waals surface area contributed by atoms with Crippen molar-refractivity contribution in [2.45, 2.75) is 102 Å². The molecule has 0 spiro atoms. The smallest absolute Gasteiger partial charge is 0.303 e. The first-order valence-electron chi connectivity index (χ1n) is 18.3. The number of carbonyl (C=O) groups is 2. The van der Waals surface area contributed by atoms with Gasteiger partial charge in [-0.25, -0.2) is 4.98 Å². The highest BCUT2D eigenvalue weighted by Gasteiger charge is 2.21. The number of anilines is 2. The van der Waals surface area contributed by atoms with Gasteiger partial charge in [0.05, 0.1) is 18.3 Å². The van der Waals surface area contributed by atoms with E-state index < -0.39 is 5.97 Å². The number of hydrogen-bond donors (Lipinski definition) is 6. The van der Waals surface area contributed by atoms with Crippen LogP contribution in [0, 0.1) is 0 Å². The molecule has 2 fully saturated rings. The summed E-state index contributed by atoms with van der Waals surface area (Å²) in [5.74, 6) is 0.412. The molecular weight excluding hydrogens is 622 g/mol. The fraction of sp³-hybridized carbons (Fsp3) is 0.657. The van der Waals surface area contributed by atoms with Crippen LogP contribution in [0.2, 0.25) is 0 Å². The Morgan fingerprint density at radius 3 is 2.51 bits per heavy atom. The summed E-state index contributed by atoms with van der Waals surface area (Å²) >= 11 is 0. The fourth-order valence-corrected chi connectivity index (χ4v) is 6.62. The number of fused-ring (bicyclic) bond motifs is 1. The normalized spacial score (nSPS) is 16.2. The highest BCUT2D eigenvalue weighted by atomic mass is 16.4. The van der Waals surface area contributed by atoms with Gasteiger partial charge in [0.15, 0.2) is 0 Å². The highest BCUT2D eigenvalue weighted by molar-refractivity contribution is 5.90. The number of likely N-dealkylation sites (tertiary alicyclic amines) is 1. The number of nitrogens with zero attached hydrogens (tertiary/aromatic N) is 6. The number of amides is 1. The lowest BCUT2D eigenvalue weighted by atomic mass is 9.95. The summed E-state index contributed by atoms with van der Waals surface area (Å²) < 4.78 is 1.90. The second-order valence-corrected chi connectivity index (χ2v) is 13.3. The number of nitrogens with one attached hydrogen (secondary N) is 5. The molecule has 0 radical (unpaired) electrons. The Labute approximate surface area is 289 Å². The number of aromatic nitrogens is 5. The second-order valence-electron chi connectivity index (χ2n) is 13.3. The van der Waals surface area contributed by atoms with Crippen LogP contribution in [-0.2, 0) is 22.7 Å². The summed E-state index contributed by atoms with van der Waals surface area (Å²) in [5, 5.41) is 35.6. The predicted octanol–water partition coefficient (Wildman–Crippen LogP) is 3.37. The van der Waals surface area contributed by atoms with Gasteiger partial charge < -0.3 is 36.6 Å². The fourth-order valence-electron chi connectivity index (χ4n) is 6.62. The van der Waals surface area contributed by atoms with Gasteiger partial charge in [0.25, 0.3) is 0 Å². The third-order valence-corrected chi connectivity index (χ3v) is 9.40. The molecule has 6 N–H and O–H groups in total. The molecular formula is C35H55N11O3. The Bertz CT molecular complexity index is 1440. The lowest BCUT2D eigenvalue weighted by molar-refractivity contribution is -0.137. The Morgan fingerprint density at radius 1 is 0.857 bits per heavy atom. The average Bonchev–Trinajstić information content (AvgIpc) is 3.57. The van der Waals surface area contributed by atoms with E-state index in [1.54, 1.807) is 0 Å². The molecule has 3 aromatic rings. The number of carboxylic acid groups (broad SMARTS) is 1. The van der Waals surface area contributed by atoms with Crippen LogP contribution in [0.25, 0.3) is 10.9 Å². The first-order chi connectivity index (χ1) is 24.0. The molecule has 14 heteroatoms. The molecule has 49 heavy (non-hydrogen) atoms. The van der Waals surface area contributed by atoms with Crippen molar-refractivity contribution in [3.8, 4) is 0 Å². The number of aryl methyl sites for hydroxylation is 1. The zero-order valence-electron chi connectivity index (χ0n) is 28.8. The number of benzene rings is 1. The summed E-state index contributed by atoms with van der Waals surface area (Å²) in [4.78, 5) is 34.5. The molecule has 2 aliphatic rings. The van der Waals surface area contributed by atoms with E-state index in [2.05, 4.69) is 41.8 Å². The quantitative estimate of drug-likeness (QED) is 0.0909. The summed E-state index contributed by atoms with van der Waals surface area (Å²) in [6.07, 6.45) is 13.5. The van der Waals surface area contributed by atoms with E-state index in [1.165, 1.54) is 32.1 Å². The van der Waals surface area contributed by atoms with E-state index >= 15 is 0 Å². The van der Waals surface area contributed by atoms with Crippen molar-refractivity contribution in [3.05, 3.63) is 36.2 Å². The van der Waals surface area contributed by atoms with E-state index in [0.29, 0.717) is 25.5 Å². The van der Waals surface area contributed by atoms with Gasteiger partial charge in [-0.3, -0.25) is 14.3 Å². The van der Waals surface area contributed by atoms with Crippen molar-refractivity contribution in [3.63, 3.8) is 0 Å². The molecule has 268 valence electrons. The predicted molar refractivity (Wildman–Crippen MR) is 191 cm³/mol. The summed E-state index contributed by atoms with van der Waals surface area (Å²) in [6.45, 7) is 7.59. The van der Waals surface area contributed by atoms with Gasteiger partial charge in [-0.15, -0.1) is 5.10 Å². The minimum absolute atomic E-state index is 0.0210. The molecule has 1 aromatic carbocycles. The van der Waals surface area contributed by atoms with Crippen LogP contribution in [0.15, 0.2) is 30.5 Å². The van der Waals surface area contributed by atoms with E-state index in [-0.39, 0.29) is 24.8 Å². The van der Waals surface area contributed by atoms with Crippen LogP contribution in [-0.4, -0.2) is 105 Å². The van der Waals surface area contributed by atoms with Crippen LogP contribution in [0.3, 0.4) is 0 Å². The van der Waals surface area contributed by atoms with E-state index in [4.69, 9.17) is 15.1 Å². The molecule has 0 bridgehead atoms. The molecule has 1 saturated heterocycles. The van der Waals surface area contributed by atoms with Crippen molar-refractivity contribution < 1.29 is 14.7 Å². The first-order valence-corrected chi connectivity index (χ1v) is 18.3. The molecule has 5 rings (SSSR count). The minimum atomic E-state index is -0.870. The third kappa shape index (κ3) is 12.8. The number of carboxylic acids is 1. The lowest BCUT2D eigenvalue weighted by Gasteiger charge is -2.32. The SMILES string of the molecule is O=C(O)CCCC(=O)NCCN1CCC(Nc2nc(NCc3cn(CCCNCCCNC4CCCCC4)nn3)nc3ccccc23)CC1. The lowest BCUT2D eigenvalue weighted by Crippen LogP contribution is -2.42. The van der Waals surface area contributed by atoms with Crippen LogP contribution < -0.4 is 26.6 Å². The van der Waals surface area contributed by atoms with Gasteiger partial charge in [-0.05, 0) is 76.7 Å². The number of aliphatic carboxylic acids is 1. The molecule has 1 saturated carbocycles. The van der Waals surface area contributed by atoms with E-state index in [9.17, 15) is 9.59 Å². The topological polar surface area (TPSA) is 174 Å². The van der Waals surface area contributed by atoms with Crippen LogP contribution >= 0.6 is 0 Å². The maximum atomic E-state index is 11.9. The summed E-state index contributed by atoms with van der Waals surface area (Å²) in [7, 11) is 0. The van der Waals surface area contributed by atoms with Gasteiger partial charge in [0.2, 0.25) is 11.9 Å². The zero-order chi connectivity index (χ0) is 34.1. The maximum absolute atomic E-state index is 11.9. The number of carbonyl (C=O) groups excluding carboxylic acids is 1. The van der Waals surface area contributed by atoms with Crippen molar-refractivity contribution in [1.82, 2.24) is 45.8 Å². The molecule has 1 aliphatic heterocycles. The molecule has 0 atom stereocenters. The van der Waals surface area contributed by atoms with E-state index in [0.717, 1.165) is 100.0 Å². The van der Waals surface area contributed by atoms with Crippen molar-refractivity contribution in [2.24, 2.45) is 0 Å². The Morgan fingerprint density at radius 2 is 1.67 bits per heavy atom. The number of piperidine rings is 1. The number of rotatable bonds is 21. The zero-order valence-corrected chi connectivity index (χ0v) is 28.8. The summed E-state index contributed by atoms with van der Waals surface area (Å²) in [6, 6.07) is 9.05. The van der Waals surface area contributed by atoms with E-state index in [1.807, 2.05) is 35.1 Å². The van der Waals surface area contributed by atoms with Gasteiger partial charge in [0.1, 0.15) is 11.5 Å². The van der Waals surface area contributed by atoms with Gasteiger partial charge in [0, 0.05) is 63.0 Å². The van der Waals surface area contributed by atoms with Crippen molar-refractivity contribution in [2.75, 3.05) is 56.4 Å². The molecule has 0 unspecified atom stereocenters. The Kier molecular flexibility index (Phi) is 14.8. The standard InChI is InChI=1S/C35H55N11O3/c47-32(13-6-14-33(48)49)38-20-24-45-22-15-28(16-23-45)40-34-30-11-4-5-12-31(30)41-35(42-34)39-25-29-26-46(44-43-29)21-8-18-36-17-7-19-37-27-9-2-1-3-10-27/h4-5,11-12,26-28,36-37H,1-3,6-10,13-25H2,(H,38,47)(H,48,49)(H2,39,40,41,42). The highest BCUT2D eigenvalue weighted by Crippen LogP contribution is 2.25. The molecule has 1 aliphatic carbocycles.